The van der Waals surface area contributed by atoms with Gasteiger partial charge < -0.3 is 4.90 Å². The molecule has 5 aliphatic carbocycles. The Bertz CT molecular complexity index is 1470. The smallest absolute Gasteiger partial charge is 0.0552 e. The first kappa shape index (κ1) is 21.5. The summed E-state index contributed by atoms with van der Waals surface area (Å²) >= 11 is 0. The van der Waals surface area contributed by atoms with Crippen molar-refractivity contribution in [1.29, 1.82) is 0 Å². The fraction of sp³-hybridized carbons (Fsp3) is 0.278. The van der Waals surface area contributed by atoms with Crippen LogP contribution in [0.4, 0.5) is 5.69 Å². The van der Waals surface area contributed by atoms with E-state index >= 15 is 0 Å². The molecule has 1 heterocycles. The van der Waals surface area contributed by atoms with Gasteiger partial charge in [-0.05, 0) is 77.7 Å². The summed E-state index contributed by atoms with van der Waals surface area (Å²) in [7, 11) is 0. The maximum atomic E-state index is 2.64. The molecule has 1 fully saturated rings. The summed E-state index contributed by atoms with van der Waals surface area (Å²) < 4.78 is 0. The van der Waals surface area contributed by atoms with Crippen LogP contribution in [-0.4, -0.2) is 12.1 Å². The molecule has 182 valence electrons. The minimum absolute atomic E-state index is 0.392. The van der Waals surface area contributed by atoms with E-state index in [0.717, 1.165) is 6.42 Å². The number of hydrogen-bond donors (Lipinski definition) is 0. The first-order chi connectivity index (χ1) is 18.4. The molecule has 2 aromatic rings. The summed E-state index contributed by atoms with van der Waals surface area (Å²) in [5.74, 6) is 1.56. The first-order valence-electron chi connectivity index (χ1n) is 14.2. The van der Waals surface area contributed by atoms with Crippen LogP contribution in [0.15, 0.2) is 126 Å². The SMILES string of the molecule is C1=CC2C3C=C(C4=CCC5C(=C4)c4ccccc4C4=C5CCCC4)C=CC3N(c3ccccc3)C2C=C1. The Morgan fingerprint density at radius 3 is 2.41 bits per heavy atom. The van der Waals surface area contributed by atoms with Crippen molar-refractivity contribution in [1.82, 2.24) is 0 Å². The average molecular weight is 480 g/mol. The van der Waals surface area contributed by atoms with Gasteiger partial charge in [-0.2, -0.15) is 0 Å². The number of fused-ring (bicyclic) bond motifs is 8. The van der Waals surface area contributed by atoms with E-state index in [1.54, 1.807) is 16.7 Å². The van der Waals surface area contributed by atoms with Gasteiger partial charge in [0.1, 0.15) is 0 Å². The van der Waals surface area contributed by atoms with Gasteiger partial charge in [0.05, 0.1) is 12.1 Å². The Labute approximate surface area is 220 Å². The third-order valence-electron chi connectivity index (χ3n) is 9.62. The predicted octanol–water partition coefficient (Wildman–Crippen LogP) is 8.47. The van der Waals surface area contributed by atoms with E-state index in [4.69, 9.17) is 0 Å². The normalized spacial score (nSPS) is 31.0. The summed E-state index contributed by atoms with van der Waals surface area (Å²) in [6, 6.07) is 21.0. The van der Waals surface area contributed by atoms with Crippen molar-refractivity contribution in [3.63, 3.8) is 0 Å². The molecule has 1 nitrogen and oxygen atoms in total. The number of hydrogen-bond acceptors (Lipinski definition) is 1. The highest BCUT2D eigenvalue weighted by atomic mass is 15.2. The molecule has 0 saturated carbocycles. The highest BCUT2D eigenvalue weighted by Gasteiger charge is 2.46. The van der Waals surface area contributed by atoms with Gasteiger partial charge in [-0.15, -0.1) is 0 Å². The molecular formula is C36H33N. The van der Waals surface area contributed by atoms with Crippen molar-refractivity contribution in [2.75, 3.05) is 4.90 Å². The van der Waals surface area contributed by atoms with E-state index in [1.807, 2.05) is 0 Å². The molecule has 0 radical (unpaired) electrons. The zero-order valence-electron chi connectivity index (χ0n) is 21.3. The van der Waals surface area contributed by atoms with Crippen molar-refractivity contribution in [2.45, 2.75) is 44.2 Å². The average Bonchev–Trinajstić information content (AvgIpc) is 3.31. The van der Waals surface area contributed by atoms with Gasteiger partial charge in [-0.1, -0.05) is 103 Å². The van der Waals surface area contributed by atoms with Gasteiger partial charge in [0.15, 0.2) is 0 Å². The van der Waals surface area contributed by atoms with Gasteiger partial charge in [-0.3, -0.25) is 0 Å². The predicted molar refractivity (Wildman–Crippen MR) is 155 cm³/mol. The molecule has 0 spiro atoms. The Morgan fingerprint density at radius 1 is 0.703 bits per heavy atom. The van der Waals surface area contributed by atoms with Gasteiger partial charge in [-0.25, -0.2) is 0 Å². The summed E-state index contributed by atoms with van der Waals surface area (Å²) in [5.41, 5.74) is 12.1. The summed E-state index contributed by atoms with van der Waals surface area (Å²) in [6.07, 6.45) is 28.2. The van der Waals surface area contributed by atoms with E-state index < -0.39 is 0 Å². The van der Waals surface area contributed by atoms with Crippen molar-refractivity contribution in [2.24, 2.45) is 17.8 Å². The first-order valence-corrected chi connectivity index (χ1v) is 14.2. The molecule has 6 aliphatic rings. The number of benzene rings is 2. The van der Waals surface area contributed by atoms with E-state index in [0.29, 0.717) is 29.8 Å². The zero-order chi connectivity index (χ0) is 24.3. The second kappa shape index (κ2) is 8.48. The number of anilines is 1. The maximum absolute atomic E-state index is 2.64. The summed E-state index contributed by atoms with van der Waals surface area (Å²) in [5, 5.41) is 0. The Balaban J connectivity index is 1.17. The van der Waals surface area contributed by atoms with Crippen molar-refractivity contribution >= 4 is 16.8 Å². The molecule has 0 bridgehead atoms. The van der Waals surface area contributed by atoms with Crippen LogP contribution in [0.3, 0.4) is 0 Å². The topological polar surface area (TPSA) is 3.24 Å². The Kier molecular flexibility index (Phi) is 4.93. The molecule has 0 amide bonds. The van der Waals surface area contributed by atoms with Crippen molar-refractivity contribution < 1.29 is 0 Å². The van der Waals surface area contributed by atoms with Crippen LogP contribution in [0.25, 0.3) is 11.1 Å². The molecule has 2 aromatic carbocycles. The second-order valence-electron chi connectivity index (χ2n) is 11.4. The zero-order valence-corrected chi connectivity index (χ0v) is 21.3. The Hall–Kier alpha value is -3.58. The lowest BCUT2D eigenvalue weighted by Crippen LogP contribution is -2.36. The number of para-hydroxylation sites is 1. The lowest BCUT2D eigenvalue weighted by atomic mass is 9.67. The van der Waals surface area contributed by atoms with Crippen LogP contribution >= 0.6 is 0 Å². The van der Waals surface area contributed by atoms with Crippen LogP contribution in [0.5, 0.6) is 0 Å². The van der Waals surface area contributed by atoms with Gasteiger partial charge >= 0.3 is 0 Å². The monoisotopic (exact) mass is 479 g/mol. The van der Waals surface area contributed by atoms with E-state index in [2.05, 4.69) is 114 Å². The van der Waals surface area contributed by atoms with Crippen LogP contribution in [-0.2, 0) is 0 Å². The van der Waals surface area contributed by atoms with E-state index in [1.165, 1.54) is 53.6 Å². The molecule has 37 heavy (non-hydrogen) atoms. The quantitative estimate of drug-likeness (QED) is 0.417. The van der Waals surface area contributed by atoms with Gasteiger partial charge in [0.25, 0.3) is 0 Å². The largest absolute Gasteiger partial charge is 0.357 e. The lowest BCUT2D eigenvalue weighted by Gasteiger charge is -2.37. The third-order valence-corrected chi connectivity index (χ3v) is 9.62. The van der Waals surface area contributed by atoms with E-state index in [9.17, 15) is 0 Å². The highest BCUT2D eigenvalue weighted by Crippen LogP contribution is 2.52. The number of rotatable bonds is 2. The molecule has 8 rings (SSSR count). The molecule has 1 heteroatoms. The lowest BCUT2D eigenvalue weighted by molar-refractivity contribution is 0.524. The molecule has 0 N–H and O–H groups in total. The minimum atomic E-state index is 0.392. The molecular weight excluding hydrogens is 446 g/mol. The van der Waals surface area contributed by atoms with E-state index in [-0.39, 0.29) is 0 Å². The minimum Gasteiger partial charge on any atom is -0.357 e. The number of nitrogens with zero attached hydrogens (tertiary/aromatic N) is 1. The second-order valence-corrected chi connectivity index (χ2v) is 11.4. The summed E-state index contributed by atoms with van der Waals surface area (Å²) in [6.45, 7) is 0. The highest BCUT2D eigenvalue weighted by molar-refractivity contribution is 5.90. The maximum Gasteiger partial charge on any atom is 0.0552 e. The fourth-order valence-electron chi connectivity index (χ4n) is 8.01. The Morgan fingerprint density at radius 2 is 1.49 bits per heavy atom. The van der Waals surface area contributed by atoms with Gasteiger partial charge in [0.2, 0.25) is 0 Å². The van der Waals surface area contributed by atoms with Crippen LogP contribution < -0.4 is 4.90 Å². The van der Waals surface area contributed by atoms with Crippen LogP contribution in [0.2, 0.25) is 0 Å². The standard InChI is InChI=1S/C36H33N/c1-2-10-26(11-3-1)37-35-17-9-8-16-32(35)34-23-25(19-21-36(34)37)24-18-20-31-29-14-5-4-12-27(29)28-13-6-7-15-30(28)33(31)22-24/h1-3,6-11,13,15-19,21-23,31-32,34-36H,4-5,12,14,20H2. The fourth-order valence-corrected chi connectivity index (χ4v) is 8.01. The molecule has 0 aromatic heterocycles. The van der Waals surface area contributed by atoms with Crippen LogP contribution in [0.1, 0.15) is 43.2 Å². The molecule has 5 atom stereocenters. The van der Waals surface area contributed by atoms with Crippen molar-refractivity contribution in [3.8, 4) is 0 Å². The molecule has 1 aliphatic heterocycles. The van der Waals surface area contributed by atoms with Crippen molar-refractivity contribution in [3.05, 3.63) is 137 Å². The van der Waals surface area contributed by atoms with Crippen LogP contribution in [0, 0.1) is 17.8 Å². The third kappa shape index (κ3) is 3.29. The molecule has 1 saturated heterocycles. The number of allylic oxidation sites excluding steroid dienone is 10. The molecule has 5 unspecified atom stereocenters. The van der Waals surface area contributed by atoms with Gasteiger partial charge in [0, 0.05) is 23.4 Å². The summed E-state index contributed by atoms with van der Waals surface area (Å²) in [4.78, 5) is 2.64.